The number of Topliss-reactive ketones (excluding diaryl/α,β-unsaturated/α-hetero) is 1. The summed E-state index contributed by atoms with van der Waals surface area (Å²) in [5, 5.41) is 9.55. The van der Waals surface area contributed by atoms with Crippen LogP contribution in [0.25, 0.3) is 0 Å². The molecule has 0 radical (unpaired) electrons. The molecule has 1 N–H and O–H groups in total. The molecule has 0 saturated heterocycles. The van der Waals surface area contributed by atoms with Gasteiger partial charge in [-0.2, -0.15) is 0 Å². The van der Waals surface area contributed by atoms with E-state index in [0.29, 0.717) is 18.6 Å². The quantitative estimate of drug-likeness (QED) is 0.675. The van der Waals surface area contributed by atoms with Crippen LogP contribution in [0.15, 0.2) is 36.1 Å². The number of hydrogen-bond donors (Lipinski definition) is 1. The molecular formula is C11H12O3. The standard InChI is InChI=1S/C11H12O3/c1-2-4-7-9(12)10(13)8-5-3-6-14-11(7)8/h2-3,5,7,11,13H,1,4,6H2/t7-,11-/m1/s1. The fraction of sp³-hybridized carbons (Fsp3) is 0.364. The Bertz CT molecular complexity index is 338. The first kappa shape index (κ1) is 9.21. The Kier molecular flexibility index (Phi) is 2.25. The molecule has 3 nitrogen and oxygen atoms in total. The van der Waals surface area contributed by atoms with Gasteiger partial charge in [0.15, 0.2) is 5.76 Å². The van der Waals surface area contributed by atoms with Gasteiger partial charge in [0.1, 0.15) is 0 Å². The third-order valence-electron chi connectivity index (χ3n) is 2.61. The maximum atomic E-state index is 11.6. The van der Waals surface area contributed by atoms with E-state index in [1.165, 1.54) is 0 Å². The summed E-state index contributed by atoms with van der Waals surface area (Å²) >= 11 is 0. The van der Waals surface area contributed by atoms with Crippen molar-refractivity contribution in [3.05, 3.63) is 36.1 Å². The second-order valence-corrected chi connectivity index (χ2v) is 3.46. The van der Waals surface area contributed by atoms with E-state index in [0.717, 1.165) is 0 Å². The van der Waals surface area contributed by atoms with E-state index in [4.69, 9.17) is 4.74 Å². The molecule has 0 saturated carbocycles. The average molecular weight is 192 g/mol. The van der Waals surface area contributed by atoms with E-state index in [1.54, 1.807) is 18.2 Å². The zero-order valence-corrected chi connectivity index (χ0v) is 7.77. The van der Waals surface area contributed by atoms with Crippen LogP contribution in [-0.4, -0.2) is 23.6 Å². The number of hydrogen-bond acceptors (Lipinski definition) is 3. The van der Waals surface area contributed by atoms with Crippen LogP contribution in [0, 0.1) is 5.92 Å². The molecule has 0 aromatic heterocycles. The number of fused-ring (bicyclic) bond motifs is 1. The molecule has 0 amide bonds. The van der Waals surface area contributed by atoms with Gasteiger partial charge in [-0.1, -0.05) is 18.2 Å². The minimum atomic E-state index is -0.285. The highest BCUT2D eigenvalue weighted by atomic mass is 16.5. The molecule has 2 rings (SSSR count). The Morgan fingerprint density at radius 1 is 1.71 bits per heavy atom. The number of aliphatic hydroxyl groups is 1. The molecule has 0 spiro atoms. The van der Waals surface area contributed by atoms with Gasteiger partial charge in [-0.3, -0.25) is 4.79 Å². The lowest BCUT2D eigenvalue weighted by Crippen LogP contribution is -2.26. The Hall–Kier alpha value is -1.35. The van der Waals surface area contributed by atoms with Crippen molar-refractivity contribution in [2.45, 2.75) is 12.5 Å². The number of carbonyl (C=O) groups excluding carboxylic acids is 1. The first-order valence-corrected chi connectivity index (χ1v) is 4.62. The number of aliphatic hydroxyl groups excluding tert-OH is 1. The highest BCUT2D eigenvalue weighted by Crippen LogP contribution is 2.34. The molecule has 14 heavy (non-hydrogen) atoms. The highest BCUT2D eigenvalue weighted by molar-refractivity contribution is 6.00. The van der Waals surface area contributed by atoms with Crippen molar-refractivity contribution < 1.29 is 14.6 Å². The maximum absolute atomic E-state index is 11.6. The molecule has 1 aliphatic carbocycles. The van der Waals surface area contributed by atoms with Gasteiger partial charge in [0.25, 0.3) is 0 Å². The largest absolute Gasteiger partial charge is 0.504 e. The van der Waals surface area contributed by atoms with E-state index < -0.39 is 0 Å². The molecule has 1 heterocycles. The van der Waals surface area contributed by atoms with Gasteiger partial charge in [-0.25, -0.2) is 0 Å². The number of carbonyl (C=O) groups is 1. The summed E-state index contributed by atoms with van der Waals surface area (Å²) in [6.07, 6.45) is 5.52. The molecule has 0 aromatic carbocycles. The van der Waals surface area contributed by atoms with Crippen LogP contribution in [0.2, 0.25) is 0 Å². The summed E-state index contributed by atoms with van der Waals surface area (Å²) in [6, 6.07) is 0. The molecule has 0 bridgehead atoms. The van der Waals surface area contributed by atoms with Crippen molar-refractivity contribution in [1.29, 1.82) is 0 Å². The molecular weight excluding hydrogens is 180 g/mol. The van der Waals surface area contributed by atoms with E-state index in [2.05, 4.69) is 6.58 Å². The number of rotatable bonds is 2. The summed E-state index contributed by atoms with van der Waals surface area (Å²) in [4.78, 5) is 11.6. The maximum Gasteiger partial charge on any atom is 0.203 e. The molecule has 0 unspecified atom stereocenters. The third kappa shape index (κ3) is 1.21. The van der Waals surface area contributed by atoms with Crippen LogP contribution in [0.5, 0.6) is 0 Å². The lowest BCUT2D eigenvalue weighted by atomic mass is 9.96. The lowest BCUT2D eigenvalue weighted by molar-refractivity contribution is -0.123. The Morgan fingerprint density at radius 2 is 2.50 bits per heavy atom. The fourth-order valence-electron chi connectivity index (χ4n) is 1.93. The number of ketones is 1. The van der Waals surface area contributed by atoms with Crippen molar-refractivity contribution >= 4 is 5.78 Å². The Morgan fingerprint density at radius 3 is 3.21 bits per heavy atom. The van der Waals surface area contributed by atoms with Crippen LogP contribution in [0.1, 0.15) is 6.42 Å². The van der Waals surface area contributed by atoms with Gasteiger partial charge in [0.2, 0.25) is 5.78 Å². The van der Waals surface area contributed by atoms with Crippen LogP contribution in [-0.2, 0) is 9.53 Å². The SMILES string of the molecule is C=CC[C@@H]1C(=O)C(O)=C2C=CCO[C@@H]21. The molecule has 0 fully saturated rings. The summed E-state index contributed by atoms with van der Waals surface area (Å²) in [6.45, 7) is 4.10. The van der Waals surface area contributed by atoms with Crippen LogP contribution < -0.4 is 0 Å². The summed E-state index contributed by atoms with van der Waals surface area (Å²) in [5.41, 5.74) is 0.619. The molecule has 2 atom stereocenters. The second kappa shape index (κ2) is 3.42. The van der Waals surface area contributed by atoms with Crippen LogP contribution in [0.4, 0.5) is 0 Å². The van der Waals surface area contributed by atoms with Crippen LogP contribution >= 0.6 is 0 Å². The predicted molar refractivity (Wildman–Crippen MR) is 51.8 cm³/mol. The molecule has 0 aromatic rings. The highest BCUT2D eigenvalue weighted by Gasteiger charge is 2.41. The van der Waals surface area contributed by atoms with Crippen molar-refractivity contribution in [2.75, 3.05) is 6.61 Å². The average Bonchev–Trinajstić information content (AvgIpc) is 2.45. The lowest BCUT2D eigenvalue weighted by Gasteiger charge is -2.21. The zero-order valence-electron chi connectivity index (χ0n) is 7.77. The third-order valence-corrected chi connectivity index (χ3v) is 2.61. The topological polar surface area (TPSA) is 46.5 Å². The summed E-state index contributed by atoms with van der Waals surface area (Å²) in [7, 11) is 0. The molecule has 2 aliphatic rings. The first-order valence-electron chi connectivity index (χ1n) is 4.62. The van der Waals surface area contributed by atoms with Gasteiger partial charge in [0.05, 0.1) is 18.6 Å². The monoisotopic (exact) mass is 192 g/mol. The van der Waals surface area contributed by atoms with Crippen molar-refractivity contribution in [1.82, 2.24) is 0 Å². The number of ether oxygens (including phenoxy) is 1. The normalized spacial score (nSPS) is 30.7. The van der Waals surface area contributed by atoms with Crippen LogP contribution in [0.3, 0.4) is 0 Å². The molecule has 3 heteroatoms. The number of allylic oxidation sites excluding steroid dienone is 2. The van der Waals surface area contributed by atoms with Crippen molar-refractivity contribution in [2.24, 2.45) is 5.92 Å². The van der Waals surface area contributed by atoms with Gasteiger partial charge >= 0.3 is 0 Å². The fourth-order valence-corrected chi connectivity index (χ4v) is 1.93. The predicted octanol–water partition coefficient (Wildman–Crippen LogP) is 1.53. The summed E-state index contributed by atoms with van der Waals surface area (Å²) in [5.74, 6) is -0.651. The van der Waals surface area contributed by atoms with Gasteiger partial charge < -0.3 is 9.84 Å². The van der Waals surface area contributed by atoms with Gasteiger partial charge in [-0.15, -0.1) is 6.58 Å². The summed E-state index contributed by atoms with van der Waals surface area (Å²) < 4.78 is 5.43. The van der Waals surface area contributed by atoms with E-state index in [-0.39, 0.29) is 23.6 Å². The minimum absolute atomic E-state index is 0.141. The van der Waals surface area contributed by atoms with Crippen molar-refractivity contribution in [3.8, 4) is 0 Å². The first-order chi connectivity index (χ1) is 6.75. The zero-order chi connectivity index (χ0) is 10.1. The van der Waals surface area contributed by atoms with E-state index in [9.17, 15) is 9.90 Å². The van der Waals surface area contributed by atoms with Crippen molar-refractivity contribution in [3.63, 3.8) is 0 Å². The Balaban J connectivity index is 2.33. The van der Waals surface area contributed by atoms with Gasteiger partial charge in [-0.05, 0) is 6.42 Å². The van der Waals surface area contributed by atoms with E-state index in [1.807, 2.05) is 0 Å². The second-order valence-electron chi connectivity index (χ2n) is 3.46. The van der Waals surface area contributed by atoms with E-state index >= 15 is 0 Å². The minimum Gasteiger partial charge on any atom is -0.504 e. The molecule has 74 valence electrons. The van der Waals surface area contributed by atoms with Gasteiger partial charge in [0, 0.05) is 5.57 Å². The smallest absolute Gasteiger partial charge is 0.203 e. The molecule has 1 aliphatic heterocycles. The Labute approximate surface area is 82.4 Å².